The SMILES string of the molecule is O=C(CCNc1ncccn1)NCc1cc(F)ccc1Br. The van der Waals surface area contributed by atoms with Crippen molar-refractivity contribution in [3.63, 3.8) is 0 Å². The lowest BCUT2D eigenvalue weighted by Gasteiger charge is -2.08. The molecule has 110 valence electrons. The Labute approximate surface area is 130 Å². The van der Waals surface area contributed by atoms with E-state index in [2.05, 4.69) is 36.5 Å². The lowest BCUT2D eigenvalue weighted by atomic mass is 10.2. The number of benzene rings is 1. The number of carbonyl (C=O) groups is 1. The predicted molar refractivity (Wildman–Crippen MR) is 81.1 cm³/mol. The first-order valence-corrected chi connectivity index (χ1v) is 7.16. The van der Waals surface area contributed by atoms with Gasteiger partial charge in [-0.2, -0.15) is 0 Å². The Morgan fingerprint density at radius 2 is 2.05 bits per heavy atom. The van der Waals surface area contributed by atoms with Crippen molar-refractivity contribution < 1.29 is 9.18 Å². The Morgan fingerprint density at radius 1 is 1.29 bits per heavy atom. The number of anilines is 1. The van der Waals surface area contributed by atoms with Crippen LogP contribution in [0.4, 0.5) is 10.3 Å². The fraction of sp³-hybridized carbons (Fsp3) is 0.214. The highest BCUT2D eigenvalue weighted by Crippen LogP contribution is 2.17. The van der Waals surface area contributed by atoms with Gasteiger partial charge in [0.2, 0.25) is 11.9 Å². The smallest absolute Gasteiger partial charge is 0.222 e. The summed E-state index contributed by atoms with van der Waals surface area (Å²) in [6, 6.07) is 6.08. The van der Waals surface area contributed by atoms with Crippen molar-refractivity contribution in [3.8, 4) is 0 Å². The summed E-state index contributed by atoms with van der Waals surface area (Å²) in [5.74, 6) is 0.0260. The van der Waals surface area contributed by atoms with Crippen LogP contribution in [-0.4, -0.2) is 22.4 Å². The molecule has 1 amide bonds. The number of hydrogen-bond donors (Lipinski definition) is 2. The zero-order valence-corrected chi connectivity index (χ0v) is 12.7. The molecule has 1 aromatic carbocycles. The molecule has 1 aromatic heterocycles. The second-order valence-electron chi connectivity index (χ2n) is 4.26. The highest BCUT2D eigenvalue weighted by molar-refractivity contribution is 9.10. The maximum absolute atomic E-state index is 13.1. The first-order valence-electron chi connectivity index (χ1n) is 6.36. The molecule has 0 spiro atoms. The van der Waals surface area contributed by atoms with Crippen LogP contribution in [0, 0.1) is 5.82 Å². The van der Waals surface area contributed by atoms with Crippen LogP contribution >= 0.6 is 15.9 Å². The van der Waals surface area contributed by atoms with Crippen LogP contribution in [0.25, 0.3) is 0 Å². The van der Waals surface area contributed by atoms with Crippen molar-refractivity contribution in [1.29, 1.82) is 0 Å². The van der Waals surface area contributed by atoms with Crippen molar-refractivity contribution in [3.05, 3.63) is 52.5 Å². The van der Waals surface area contributed by atoms with E-state index in [0.29, 0.717) is 18.1 Å². The van der Waals surface area contributed by atoms with Crippen molar-refractivity contribution in [2.24, 2.45) is 0 Å². The molecule has 0 unspecified atom stereocenters. The van der Waals surface area contributed by atoms with Gasteiger partial charge in [0.25, 0.3) is 0 Å². The third-order valence-electron chi connectivity index (χ3n) is 2.68. The van der Waals surface area contributed by atoms with Gasteiger partial charge in [0.15, 0.2) is 0 Å². The number of halogens is 2. The third-order valence-corrected chi connectivity index (χ3v) is 3.46. The van der Waals surface area contributed by atoms with Gasteiger partial charge in [0.1, 0.15) is 5.82 Å². The minimum Gasteiger partial charge on any atom is -0.354 e. The molecule has 0 saturated heterocycles. The van der Waals surface area contributed by atoms with Gasteiger partial charge in [0.05, 0.1) is 0 Å². The largest absolute Gasteiger partial charge is 0.354 e. The minimum atomic E-state index is -0.328. The summed E-state index contributed by atoms with van der Waals surface area (Å²) in [7, 11) is 0. The molecule has 0 saturated carbocycles. The van der Waals surface area contributed by atoms with Crippen LogP contribution in [0.1, 0.15) is 12.0 Å². The molecule has 0 atom stereocenters. The summed E-state index contributed by atoms with van der Waals surface area (Å²) >= 11 is 3.32. The number of rotatable bonds is 6. The van der Waals surface area contributed by atoms with Gasteiger partial charge >= 0.3 is 0 Å². The monoisotopic (exact) mass is 352 g/mol. The maximum atomic E-state index is 13.1. The zero-order chi connectivity index (χ0) is 15.1. The maximum Gasteiger partial charge on any atom is 0.222 e. The van der Waals surface area contributed by atoms with Crippen molar-refractivity contribution >= 4 is 27.8 Å². The molecular weight excluding hydrogens is 339 g/mol. The van der Waals surface area contributed by atoms with Gasteiger partial charge in [-0.3, -0.25) is 4.79 Å². The van der Waals surface area contributed by atoms with E-state index in [1.54, 1.807) is 24.5 Å². The molecule has 0 aliphatic heterocycles. The Kier molecular flexibility index (Phi) is 5.62. The van der Waals surface area contributed by atoms with Gasteiger partial charge in [-0.25, -0.2) is 14.4 Å². The second-order valence-corrected chi connectivity index (χ2v) is 5.12. The number of nitrogens with one attached hydrogen (secondary N) is 2. The molecule has 2 rings (SSSR count). The van der Waals surface area contributed by atoms with E-state index >= 15 is 0 Å². The standard InChI is InChI=1S/C14H14BrFN4O/c15-12-3-2-11(16)8-10(12)9-20-13(21)4-7-19-14-17-5-1-6-18-14/h1-3,5-6,8H,4,7,9H2,(H,20,21)(H,17,18,19). The van der Waals surface area contributed by atoms with Gasteiger partial charge in [-0.05, 0) is 29.8 Å². The Morgan fingerprint density at radius 3 is 2.81 bits per heavy atom. The van der Waals surface area contributed by atoms with Crippen LogP contribution in [0.5, 0.6) is 0 Å². The van der Waals surface area contributed by atoms with Crippen molar-refractivity contribution in [1.82, 2.24) is 15.3 Å². The highest BCUT2D eigenvalue weighted by Gasteiger charge is 2.05. The van der Waals surface area contributed by atoms with Crippen LogP contribution < -0.4 is 10.6 Å². The summed E-state index contributed by atoms with van der Waals surface area (Å²) in [6.07, 6.45) is 3.53. The number of hydrogen-bond acceptors (Lipinski definition) is 4. The average Bonchev–Trinajstić information content (AvgIpc) is 2.49. The van der Waals surface area contributed by atoms with Crippen LogP contribution in [0.3, 0.4) is 0 Å². The molecule has 2 N–H and O–H groups in total. The molecule has 7 heteroatoms. The molecule has 5 nitrogen and oxygen atoms in total. The highest BCUT2D eigenvalue weighted by atomic mass is 79.9. The van der Waals surface area contributed by atoms with Crippen LogP contribution in [-0.2, 0) is 11.3 Å². The fourth-order valence-corrected chi connectivity index (χ4v) is 2.03. The Balaban J connectivity index is 1.74. The van der Waals surface area contributed by atoms with E-state index in [1.165, 1.54) is 12.1 Å². The normalized spacial score (nSPS) is 10.2. The number of nitrogens with zero attached hydrogens (tertiary/aromatic N) is 2. The molecule has 0 radical (unpaired) electrons. The molecule has 0 aliphatic rings. The molecule has 0 aliphatic carbocycles. The molecule has 21 heavy (non-hydrogen) atoms. The van der Waals surface area contributed by atoms with Crippen molar-refractivity contribution in [2.45, 2.75) is 13.0 Å². The molecule has 0 fully saturated rings. The number of aromatic nitrogens is 2. The fourth-order valence-electron chi connectivity index (χ4n) is 1.64. The van der Waals surface area contributed by atoms with Gasteiger partial charge in [-0.1, -0.05) is 15.9 Å². The molecular formula is C14H14BrFN4O. The van der Waals surface area contributed by atoms with E-state index in [4.69, 9.17) is 0 Å². The van der Waals surface area contributed by atoms with E-state index in [-0.39, 0.29) is 24.7 Å². The topological polar surface area (TPSA) is 66.9 Å². The Hall–Kier alpha value is -2.02. The lowest BCUT2D eigenvalue weighted by molar-refractivity contribution is -0.121. The quantitative estimate of drug-likeness (QED) is 0.838. The van der Waals surface area contributed by atoms with Crippen LogP contribution in [0.15, 0.2) is 41.1 Å². The molecule has 1 heterocycles. The Bertz CT molecular complexity index is 609. The summed E-state index contributed by atoms with van der Waals surface area (Å²) in [5, 5.41) is 5.68. The third kappa shape index (κ3) is 5.11. The van der Waals surface area contributed by atoms with Crippen molar-refractivity contribution in [2.75, 3.05) is 11.9 Å². The van der Waals surface area contributed by atoms with E-state index in [1.807, 2.05) is 0 Å². The summed E-state index contributed by atoms with van der Waals surface area (Å²) in [4.78, 5) is 19.7. The van der Waals surface area contributed by atoms with Gasteiger partial charge < -0.3 is 10.6 Å². The minimum absolute atomic E-state index is 0.130. The number of carbonyl (C=O) groups excluding carboxylic acids is 1. The first kappa shape index (κ1) is 15.4. The zero-order valence-electron chi connectivity index (χ0n) is 11.1. The first-order chi connectivity index (χ1) is 10.1. The predicted octanol–water partition coefficient (Wildman–Crippen LogP) is 2.50. The lowest BCUT2D eigenvalue weighted by Crippen LogP contribution is -2.25. The van der Waals surface area contributed by atoms with E-state index in [9.17, 15) is 9.18 Å². The summed E-state index contributed by atoms with van der Waals surface area (Å²) in [5.41, 5.74) is 0.697. The van der Waals surface area contributed by atoms with E-state index in [0.717, 1.165) is 4.47 Å². The van der Waals surface area contributed by atoms with Gasteiger partial charge in [-0.15, -0.1) is 0 Å². The van der Waals surface area contributed by atoms with Gasteiger partial charge in [0, 0.05) is 36.4 Å². The second kappa shape index (κ2) is 7.68. The molecule has 2 aromatic rings. The molecule has 0 bridgehead atoms. The number of amides is 1. The van der Waals surface area contributed by atoms with Crippen LogP contribution in [0.2, 0.25) is 0 Å². The summed E-state index contributed by atoms with van der Waals surface area (Å²) < 4.78 is 13.9. The average molecular weight is 353 g/mol. The summed E-state index contributed by atoms with van der Waals surface area (Å²) in [6.45, 7) is 0.708. The van der Waals surface area contributed by atoms with E-state index < -0.39 is 0 Å².